The number of aromatic nitrogens is 1. The van der Waals surface area contributed by atoms with E-state index in [1.807, 2.05) is 13.1 Å². The molecular formula is C15H24N2. The summed E-state index contributed by atoms with van der Waals surface area (Å²) in [4.78, 5) is 4.33. The van der Waals surface area contributed by atoms with Crippen molar-refractivity contribution in [2.75, 3.05) is 0 Å². The lowest BCUT2D eigenvalue weighted by molar-refractivity contribution is 0.280. The van der Waals surface area contributed by atoms with Crippen molar-refractivity contribution in [3.05, 3.63) is 29.6 Å². The van der Waals surface area contributed by atoms with Gasteiger partial charge < -0.3 is 5.32 Å². The molecule has 2 rings (SSSR count). The largest absolute Gasteiger partial charge is 0.310 e. The van der Waals surface area contributed by atoms with Crippen LogP contribution in [0.2, 0.25) is 0 Å². The molecule has 94 valence electrons. The Morgan fingerprint density at radius 2 is 2.06 bits per heavy atom. The van der Waals surface area contributed by atoms with E-state index in [0.29, 0.717) is 6.04 Å². The highest BCUT2D eigenvalue weighted by atomic mass is 14.9. The summed E-state index contributed by atoms with van der Waals surface area (Å²) in [7, 11) is 0. The lowest BCUT2D eigenvalue weighted by atomic mass is 9.84. The lowest BCUT2D eigenvalue weighted by Gasteiger charge is -2.28. The van der Waals surface area contributed by atoms with Crippen LogP contribution in [-0.4, -0.2) is 11.0 Å². The number of rotatable bonds is 4. The molecule has 1 fully saturated rings. The van der Waals surface area contributed by atoms with Crippen LogP contribution in [0.5, 0.6) is 0 Å². The molecule has 0 saturated heterocycles. The Bertz CT molecular complexity index is 325. The quantitative estimate of drug-likeness (QED) is 0.860. The third-order valence-corrected chi connectivity index (χ3v) is 3.96. The second-order valence-electron chi connectivity index (χ2n) is 5.38. The Morgan fingerprint density at radius 3 is 2.71 bits per heavy atom. The van der Waals surface area contributed by atoms with Crippen molar-refractivity contribution in [3.8, 4) is 0 Å². The lowest BCUT2D eigenvalue weighted by Crippen LogP contribution is -2.34. The average Bonchev–Trinajstić information content (AvgIpc) is 2.39. The Balaban J connectivity index is 1.78. The van der Waals surface area contributed by atoms with E-state index in [4.69, 9.17) is 0 Å². The highest BCUT2D eigenvalue weighted by Gasteiger charge is 2.19. The fourth-order valence-corrected chi connectivity index (χ4v) is 2.68. The molecule has 1 aliphatic rings. The second kappa shape index (κ2) is 6.15. The second-order valence-corrected chi connectivity index (χ2v) is 5.38. The van der Waals surface area contributed by atoms with E-state index in [9.17, 15) is 0 Å². The standard InChI is InChI=1S/C15H24N2/c1-12-8-9-14(10-16-12)11-17-13(2)15-6-4-3-5-7-15/h8-10,13,15,17H,3-7,11H2,1-2H3/t13-/m1/s1. The van der Waals surface area contributed by atoms with Crippen molar-refractivity contribution in [1.29, 1.82) is 0 Å². The normalized spacial score (nSPS) is 19.2. The molecule has 1 aromatic rings. The Morgan fingerprint density at radius 1 is 1.29 bits per heavy atom. The molecule has 1 heterocycles. The Kier molecular flexibility index (Phi) is 4.55. The van der Waals surface area contributed by atoms with Crippen LogP contribution in [0.1, 0.15) is 50.3 Å². The molecule has 0 aliphatic heterocycles. The summed E-state index contributed by atoms with van der Waals surface area (Å²) in [6.07, 6.45) is 9.06. The Labute approximate surface area is 105 Å². The van der Waals surface area contributed by atoms with Crippen molar-refractivity contribution in [2.24, 2.45) is 5.92 Å². The Hall–Kier alpha value is -0.890. The van der Waals surface area contributed by atoms with E-state index in [-0.39, 0.29) is 0 Å². The predicted octanol–water partition coefficient (Wildman–Crippen LogP) is 3.45. The number of hydrogen-bond donors (Lipinski definition) is 1. The molecule has 0 aromatic carbocycles. The van der Waals surface area contributed by atoms with Gasteiger partial charge in [0.05, 0.1) is 0 Å². The molecule has 2 nitrogen and oxygen atoms in total. The summed E-state index contributed by atoms with van der Waals surface area (Å²) in [5.41, 5.74) is 2.38. The molecule has 0 radical (unpaired) electrons. The van der Waals surface area contributed by atoms with Crippen LogP contribution in [0.3, 0.4) is 0 Å². The first-order chi connectivity index (χ1) is 8.25. The highest BCUT2D eigenvalue weighted by molar-refractivity contribution is 5.12. The zero-order valence-electron chi connectivity index (χ0n) is 11.1. The summed E-state index contributed by atoms with van der Waals surface area (Å²) in [5.74, 6) is 0.877. The summed E-state index contributed by atoms with van der Waals surface area (Å²) in [5, 5.41) is 3.65. The smallest absolute Gasteiger partial charge is 0.0372 e. The zero-order chi connectivity index (χ0) is 12.1. The first kappa shape index (κ1) is 12.6. The van der Waals surface area contributed by atoms with Crippen molar-refractivity contribution in [2.45, 2.75) is 58.5 Å². The van der Waals surface area contributed by atoms with E-state index in [1.54, 1.807) is 0 Å². The average molecular weight is 232 g/mol. The zero-order valence-corrected chi connectivity index (χ0v) is 11.1. The maximum Gasteiger partial charge on any atom is 0.0372 e. The van der Waals surface area contributed by atoms with E-state index >= 15 is 0 Å². The number of hydrogen-bond acceptors (Lipinski definition) is 2. The molecule has 0 bridgehead atoms. The van der Waals surface area contributed by atoms with Gasteiger partial charge in [-0.2, -0.15) is 0 Å². The van der Waals surface area contributed by atoms with E-state index < -0.39 is 0 Å². The molecule has 17 heavy (non-hydrogen) atoms. The van der Waals surface area contributed by atoms with Gasteiger partial charge in [-0.1, -0.05) is 25.3 Å². The third kappa shape index (κ3) is 3.81. The maximum absolute atomic E-state index is 4.33. The minimum atomic E-state index is 0.636. The van der Waals surface area contributed by atoms with Crippen LogP contribution in [0, 0.1) is 12.8 Å². The minimum absolute atomic E-state index is 0.636. The molecule has 1 N–H and O–H groups in total. The third-order valence-electron chi connectivity index (χ3n) is 3.96. The fourth-order valence-electron chi connectivity index (χ4n) is 2.68. The van der Waals surface area contributed by atoms with Gasteiger partial charge in [0.15, 0.2) is 0 Å². The molecule has 2 heteroatoms. The number of nitrogens with one attached hydrogen (secondary N) is 1. The molecule has 1 aliphatic carbocycles. The van der Waals surface area contributed by atoms with E-state index in [0.717, 1.165) is 18.2 Å². The number of aryl methyl sites for hydroxylation is 1. The molecule has 1 atom stereocenters. The fraction of sp³-hybridized carbons (Fsp3) is 0.667. The molecule has 0 unspecified atom stereocenters. The SMILES string of the molecule is Cc1ccc(CN[C@H](C)C2CCCCC2)cn1. The van der Waals surface area contributed by atoms with Crippen LogP contribution in [0.25, 0.3) is 0 Å². The van der Waals surface area contributed by atoms with Crippen LogP contribution >= 0.6 is 0 Å². The predicted molar refractivity (Wildman–Crippen MR) is 71.9 cm³/mol. The number of pyridine rings is 1. The van der Waals surface area contributed by atoms with Gasteiger partial charge in [0.1, 0.15) is 0 Å². The summed E-state index contributed by atoms with van der Waals surface area (Å²) in [6.45, 7) is 5.31. The molecule has 1 aromatic heterocycles. The monoisotopic (exact) mass is 232 g/mol. The van der Waals surface area contributed by atoms with Gasteiger partial charge in [-0.3, -0.25) is 4.98 Å². The molecule has 0 amide bonds. The summed E-state index contributed by atoms with van der Waals surface area (Å²) < 4.78 is 0. The summed E-state index contributed by atoms with van der Waals surface area (Å²) in [6, 6.07) is 4.89. The van der Waals surface area contributed by atoms with Gasteiger partial charge in [0.25, 0.3) is 0 Å². The van der Waals surface area contributed by atoms with E-state index in [1.165, 1.54) is 37.7 Å². The van der Waals surface area contributed by atoms with Gasteiger partial charge in [-0.15, -0.1) is 0 Å². The highest BCUT2D eigenvalue weighted by Crippen LogP contribution is 2.26. The van der Waals surface area contributed by atoms with Gasteiger partial charge in [0.2, 0.25) is 0 Å². The van der Waals surface area contributed by atoms with E-state index in [2.05, 4.69) is 29.4 Å². The molecule has 0 spiro atoms. The van der Waals surface area contributed by atoms with Gasteiger partial charge in [-0.05, 0) is 44.2 Å². The number of nitrogens with zero attached hydrogens (tertiary/aromatic N) is 1. The summed E-state index contributed by atoms with van der Waals surface area (Å²) >= 11 is 0. The van der Waals surface area contributed by atoms with Crippen LogP contribution in [-0.2, 0) is 6.54 Å². The van der Waals surface area contributed by atoms with Gasteiger partial charge >= 0.3 is 0 Å². The van der Waals surface area contributed by atoms with Gasteiger partial charge in [-0.25, -0.2) is 0 Å². The minimum Gasteiger partial charge on any atom is -0.310 e. The van der Waals surface area contributed by atoms with Crippen LogP contribution in [0.4, 0.5) is 0 Å². The van der Waals surface area contributed by atoms with Crippen molar-refractivity contribution < 1.29 is 0 Å². The topological polar surface area (TPSA) is 24.9 Å². The first-order valence-corrected chi connectivity index (χ1v) is 6.90. The van der Waals surface area contributed by atoms with Crippen LogP contribution < -0.4 is 5.32 Å². The van der Waals surface area contributed by atoms with Crippen molar-refractivity contribution >= 4 is 0 Å². The molecular weight excluding hydrogens is 208 g/mol. The van der Waals surface area contributed by atoms with Crippen LogP contribution in [0.15, 0.2) is 18.3 Å². The van der Waals surface area contributed by atoms with Crippen molar-refractivity contribution in [3.63, 3.8) is 0 Å². The molecule has 1 saturated carbocycles. The maximum atomic E-state index is 4.33. The van der Waals surface area contributed by atoms with Crippen molar-refractivity contribution in [1.82, 2.24) is 10.3 Å². The first-order valence-electron chi connectivity index (χ1n) is 6.90. The van der Waals surface area contributed by atoms with Gasteiger partial charge in [0, 0.05) is 24.5 Å².